The monoisotopic (exact) mass is 352 g/mol. The van der Waals surface area contributed by atoms with Crippen LogP contribution in [0, 0.1) is 0 Å². The molecule has 2 amide bonds. The molecular formula is C21H24N2O3. The van der Waals surface area contributed by atoms with Crippen LogP contribution in [-0.2, 0) is 4.79 Å². The maximum atomic E-state index is 12.4. The van der Waals surface area contributed by atoms with Crippen LogP contribution in [0.25, 0.3) is 0 Å². The van der Waals surface area contributed by atoms with Gasteiger partial charge in [-0.15, -0.1) is 0 Å². The second-order valence-electron chi connectivity index (χ2n) is 6.69. The zero-order valence-electron chi connectivity index (χ0n) is 15.2. The minimum absolute atomic E-state index is 0.112. The van der Waals surface area contributed by atoms with Crippen LogP contribution >= 0.6 is 0 Å². The highest BCUT2D eigenvalue weighted by Gasteiger charge is 2.19. The molecule has 0 aliphatic carbocycles. The molecule has 26 heavy (non-hydrogen) atoms. The molecule has 5 heteroatoms. The fourth-order valence-electron chi connectivity index (χ4n) is 2.96. The van der Waals surface area contributed by atoms with Gasteiger partial charge in [-0.3, -0.25) is 9.59 Å². The minimum atomic E-state index is -0.181. The maximum Gasteiger partial charge on any atom is 0.255 e. The lowest BCUT2D eigenvalue weighted by molar-refractivity contribution is -0.119. The SMILES string of the molecule is CC(C)Oc1ccc(NC(=O)c2ccc(N3CCCCC3=O)cc2)cc1. The Balaban J connectivity index is 1.63. The lowest BCUT2D eigenvalue weighted by atomic mass is 10.1. The fraction of sp³-hybridized carbons (Fsp3) is 0.333. The number of carbonyl (C=O) groups excluding carboxylic acids is 2. The Morgan fingerprint density at radius 2 is 1.73 bits per heavy atom. The molecule has 136 valence electrons. The number of benzene rings is 2. The molecule has 0 saturated carbocycles. The van der Waals surface area contributed by atoms with E-state index in [4.69, 9.17) is 4.74 Å². The Morgan fingerprint density at radius 3 is 2.35 bits per heavy atom. The Labute approximate surface area is 154 Å². The Hall–Kier alpha value is -2.82. The Bertz CT molecular complexity index is 767. The molecule has 1 aliphatic rings. The van der Waals surface area contributed by atoms with Crippen LogP contribution in [0.3, 0.4) is 0 Å². The van der Waals surface area contributed by atoms with Gasteiger partial charge < -0.3 is 15.0 Å². The molecule has 3 rings (SSSR count). The molecule has 1 heterocycles. The number of hydrogen-bond donors (Lipinski definition) is 1. The average molecular weight is 352 g/mol. The number of piperidine rings is 1. The number of ether oxygens (including phenoxy) is 1. The molecule has 5 nitrogen and oxygen atoms in total. The van der Waals surface area contributed by atoms with E-state index >= 15 is 0 Å². The van der Waals surface area contributed by atoms with Crippen LogP contribution in [0.4, 0.5) is 11.4 Å². The highest BCUT2D eigenvalue weighted by Crippen LogP contribution is 2.22. The van der Waals surface area contributed by atoms with E-state index in [1.165, 1.54) is 0 Å². The highest BCUT2D eigenvalue weighted by molar-refractivity contribution is 6.04. The van der Waals surface area contributed by atoms with Gasteiger partial charge in [0.1, 0.15) is 5.75 Å². The summed E-state index contributed by atoms with van der Waals surface area (Å²) in [6.07, 6.45) is 2.68. The lowest BCUT2D eigenvalue weighted by Gasteiger charge is -2.26. The molecule has 1 saturated heterocycles. The summed E-state index contributed by atoms with van der Waals surface area (Å²) < 4.78 is 5.59. The Kier molecular flexibility index (Phi) is 5.56. The van der Waals surface area contributed by atoms with Crippen molar-refractivity contribution in [2.45, 2.75) is 39.2 Å². The van der Waals surface area contributed by atoms with Crippen LogP contribution in [0.15, 0.2) is 48.5 Å². The third-order valence-electron chi connectivity index (χ3n) is 4.25. The molecule has 1 fully saturated rings. The predicted octanol–water partition coefficient (Wildman–Crippen LogP) is 4.24. The molecule has 0 atom stereocenters. The van der Waals surface area contributed by atoms with E-state index in [2.05, 4.69) is 5.32 Å². The van der Waals surface area contributed by atoms with Gasteiger partial charge >= 0.3 is 0 Å². The van der Waals surface area contributed by atoms with Crippen LogP contribution in [0.1, 0.15) is 43.5 Å². The number of hydrogen-bond acceptors (Lipinski definition) is 3. The van der Waals surface area contributed by atoms with Gasteiger partial charge in [-0.1, -0.05) is 0 Å². The third kappa shape index (κ3) is 4.42. The zero-order valence-corrected chi connectivity index (χ0v) is 15.2. The maximum absolute atomic E-state index is 12.4. The molecule has 2 aromatic rings. The number of carbonyl (C=O) groups is 2. The van der Waals surface area contributed by atoms with E-state index in [1.54, 1.807) is 17.0 Å². The number of nitrogens with one attached hydrogen (secondary N) is 1. The van der Waals surface area contributed by atoms with Crippen LogP contribution in [0.2, 0.25) is 0 Å². The topological polar surface area (TPSA) is 58.6 Å². The first-order valence-corrected chi connectivity index (χ1v) is 9.01. The summed E-state index contributed by atoms with van der Waals surface area (Å²) in [5.74, 6) is 0.741. The molecular weight excluding hydrogens is 328 g/mol. The van der Waals surface area contributed by atoms with Crippen molar-refractivity contribution in [3.05, 3.63) is 54.1 Å². The number of nitrogens with zero attached hydrogens (tertiary/aromatic N) is 1. The van der Waals surface area contributed by atoms with E-state index in [-0.39, 0.29) is 17.9 Å². The molecule has 0 spiro atoms. The van der Waals surface area contributed by atoms with E-state index < -0.39 is 0 Å². The van der Waals surface area contributed by atoms with Crippen LogP contribution < -0.4 is 15.0 Å². The predicted molar refractivity (Wildman–Crippen MR) is 103 cm³/mol. The summed E-state index contributed by atoms with van der Waals surface area (Å²) in [4.78, 5) is 26.2. The Morgan fingerprint density at radius 1 is 1.04 bits per heavy atom. The minimum Gasteiger partial charge on any atom is -0.491 e. The summed E-state index contributed by atoms with van der Waals surface area (Å²) in [7, 11) is 0. The first-order valence-electron chi connectivity index (χ1n) is 9.01. The smallest absolute Gasteiger partial charge is 0.255 e. The molecule has 0 radical (unpaired) electrons. The summed E-state index contributed by atoms with van der Waals surface area (Å²) in [5.41, 5.74) is 2.11. The normalized spacial score (nSPS) is 14.4. The first-order chi connectivity index (χ1) is 12.5. The van der Waals surface area contributed by atoms with E-state index in [0.29, 0.717) is 17.7 Å². The summed E-state index contributed by atoms with van der Waals surface area (Å²) in [6, 6.07) is 14.5. The molecule has 1 N–H and O–H groups in total. The number of anilines is 2. The number of amides is 2. The largest absolute Gasteiger partial charge is 0.491 e. The summed E-state index contributed by atoms with van der Waals surface area (Å²) in [5, 5.41) is 2.87. The van der Waals surface area contributed by atoms with Crippen molar-refractivity contribution < 1.29 is 14.3 Å². The zero-order chi connectivity index (χ0) is 18.5. The second-order valence-corrected chi connectivity index (χ2v) is 6.69. The van der Waals surface area contributed by atoms with Gasteiger partial charge in [-0.05, 0) is 75.2 Å². The quantitative estimate of drug-likeness (QED) is 0.875. The van der Waals surface area contributed by atoms with E-state index in [9.17, 15) is 9.59 Å². The highest BCUT2D eigenvalue weighted by atomic mass is 16.5. The standard InChI is InChI=1S/C21H24N2O3/c1-15(2)26-19-12-8-17(9-13-19)22-21(25)16-6-10-18(11-7-16)23-14-4-3-5-20(23)24/h6-13,15H,3-5,14H2,1-2H3,(H,22,25). The molecule has 0 aromatic heterocycles. The van der Waals surface area contributed by atoms with Crippen molar-refractivity contribution in [3.8, 4) is 5.75 Å². The second kappa shape index (κ2) is 8.04. The average Bonchev–Trinajstić information content (AvgIpc) is 2.63. The lowest BCUT2D eigenvalue weighted by Crippen LogP contribution is -2.35. The summed E-state index contributed by atoms with van der Waals surface area (Å²) in [6.45, 7) is 4.68. The van der Waals surface area contributed by atoms with Crippen molar-refractivity contribution in [1.29, 1.82) is 0 Å². The fourth-order valence-corrected chi connectivity index (χ4v) is 2.96. The van der Waals surface area contributed by atoms with E-state index in [1.807, 2.05) is 50.2 Å². The number of rotatable bonds is 5. The van der Waals surface area contributed by atoms with Gasteiger partial charge in [0.05, 0.1) is 6.10 Å². The van der Waals surface area contributed by atoms with Crippen molar-refractivity contribution in [2.24, 2.45) is 0 Å². The third-order valence-corrected chi connectivity index (χ3v) is 4.25. The molecule has 1 aliphatic heterocycles. The van der Waals surface area contributed by atoms with Crippen LogP contribution in [-0.4, -0.2) is 24.5 Å². The molecule has 0 unspecified atom stereocenters. The van der Waals surface area contributed by atoms with Crippen molar-refractivity contribution in [1.82, 2.24) is 0 Å². The summed E-state index contributed by atoms with van der Waals surface area (Å²) >= 11 is 0. The molecule has 0 bridgehead atoms. The first kappa shape index (κ1) is 18.0. The van der Waals surface area contributed by atoms with E-state index in [0.717, 1.165) is 30.8 Å². The van der Waals surface area contributed by atoms with Crippen molar-refractivity contribution in [3.63, 3.8) is 0 Å². The van der Waals surface area contributed by atoms with Crippen molar-refractivity contribution in [2.75, 3.05) is 16.8 Å². The van der Waals surface area contributed by atoms with Gasteiger partial charge in [0, 0.05) is 29.9 Å². The van der Waals surface area contributed by atoms with Crippen molar-refractivity contribution >= 4 is 23.2 Å². The molecule has 2 aromatic carbocycles. The van der Waals surface area contributed by atoms with Crippen LogP contribution in [0.5, 0.6) is 5.75 Å². The van der Waals surface area contributed by atoms with Gasteiger partial charge in [-0.2, -0.15) is 0 Å². The van der Waals surface area contributed by atoms with Gasteiger partial charge in [0.15, 0.2) is 0 Å². The van der Waals surface area contributed by atoms with Gasteiger partial charge in [0.2, 0.25) is 5.91 Å². The van der Waals surface area contributed by atoms with Gasteiger partial charge in [-0.25, -0.2) is 0 Å². The van der Waals surface area contributed by atoms with Gasteiger partial charge in [0.25, 0.3) is 5.91 Å².